The number of methoxy groups -OCH3 is 1. The minimum atomic E-state index is -3.28. The molecule has 0 fully saturated rings. The van der Waals surface area contributed by atoms with Crippen LogP contribution in [0.1, 0.15) is 29.4 Å². The highest BCUT2D eigenvalue weighted by Gasteiger charge is 2.27. The van der Waals surface area contributed by atoms with Gasteiger partial charge in [-0.05, 0) is 19.1 Å². The number of ether oxygens (including phenoxy) is 1. The Morgan fingerprint density at radius 1 is 1.31 bits per heavy atom. The molecule has 0 aliphatic carbocycles. The molecule has 4 nitrogen and oxygen atoms in total. The van der Waals surface area contributed by atoms with Crippen LogP contribution in [0.2, 0.25) is 10.0 Å². The summed E-state index contributed by atoms with van der Waals surface area (Å²) in [6.45, 7) is 2.07. The average molecular weight is 411 g/mol. The molecule has 10 heteroatoms. The van der Waals surface area contributed by atoms with Crippen molar-refractivity contribution in [2.75, 3.05) is 19.0 Å². The average Bonchev–Trinajstić information content (AvgIpc) is 2.56. The number of hydrogen-bond acceptors (Lipinski definition) is 4. The highest BCUT2D eigenvalue weighted by Crippen LogP contribution is 2.38. The smallest absolute Gasteiger partial charge is 0.358 e. The Morgan fingerprint density at radius 2 is 1.96 bits per heavy atom. The van der Waals surface area contributed by atoms with Gasteiger partial charge in [0.05, 0.1) is 39.7 Å². The molecule has 0 spiro atoms. The van der Waals surface area contributed by atoms with Gasteiger partial charge in [-0.2, -0.15) is 0 Å². The molecular weight excluding hydrogens is 399 g/mol. The van der Waals surface area contributed by atoms with Gasteiger partial charge in [0.15, 0.2) is 5.69 Å². The molecule has 2 rings (SSSR count). The van der Waals surface area contributed by atoms with Crippen LogP contribution >= 0.6 is 23.2 Å². The summed E-state index contributed by atoms with van der Waals surface area (Å²) in [4.78, 5) is 15.6. The minimum absolute atomic E-state index is 0.131. The fourth-order valence-corrected chi connectivity index (χ4v) is 2.75. The van der Waals surface area contributed by atoms with Crippen LogP contribution in [0.3, 0.4) is 0 Å². The lowest BCUT2D eigenvalue weighted by Crippen LogP contribution is -2.10. The second-order valence-electron chi connectivity index (χ2n) is 4.98. The number of anilines is 1. The summed E-state index contributed by atoms with van der Waals surface area (Å²) < 4.78 is 59.5. The van der Waals surface area contributed by atoms with E-state index in [2.05, 4.69) is 15.0 Å². The predicted molar refractivity (Wildman–Crippen MR) is 90.1 cm³/mol. The van der Waals surface area contributed by atoms with E-state index >= 15 is 0 Å². The fourth-order valence-electron chi connectivity index (χ4n) is 2.25. The third kappa shape index (κ3) is 3.71. The van der Waals surface area contributed by atoms with Crippen molar-refractivity contribution in [1.29, 1.82) is 0 Å². The summed E-state index contributed by atoms with van der Waals surface area (Å²) >= 11 is 11.6. The second kappa shape index (κ2) is 8.09. The first kappa shape index (κ1) is 20.3. The van der Waals surface area contributed by atoms with E-state index in [0.29, 0.717) is 12.6 Å². The first-order chi connectivity index (χ1) is 12.2. The lowest BCUT2D eigenvalue weighted by Gasteiger charge is -2.15. The van der Waals surface area contributed by atoms with Crippen LogP contribution < -0.4 is 5.32 Å². The molecule has 0 unspecified atom stereocenters. The Morgan fingerprint density at radius 3 is 2.50 bits per heavy atom. The van der Waals surface area contributed by atoms with Crippen molar-refractivity contribution >= 4 is 34.9 Å². The number of carbonyl (C=O) groups excluding carboxylic acids is 1. The Bertz CT molecular complexity index is 863. The van der Waals surface area contributed by atoms with Crippen LogP contribution in [-0.2, 0) is 4.74 Å². The maximum atomic E-state index is 14.5. The van der Waals surface area contributed by atoms with Crippen molar-refractivity contribution < 1.29 is 27.1 Å². The van der Waals surface area contributed by atoms with Crippen LogP contribution in [-0.4, -0.2) is 24.6 Å². The van der Waals surface area contributed by atoms with Gasteiger partial charge in [0.25, 0.3) is 6.43 Å². The molecule has 1 N–H and O–H groups in total. The van der Waals surface area contributed by atoms with Crippen molar-refractivity contribution in [2.24, 2.45) is 0 Å². The van der Waals surface area contributed by atoms with Crippen molar-refractivity contribution in [2.45, 2.75) is 13.3 Å². The molecule has 0 radical (unpaired) electrons. The van der Waals surface area contributed by atoms with E-state index < -0.39 is 51.6 Å². The molecule has 140 valence electrons. The molecule has 0 aliphatic heterocycles. The van der Waals surface area contributed by atoms with Crippen molar-refractivity contribution in [3.05, 3.63) is 45.1 Å². The summed E-state index contributed by atoms with van der Waals surface area (Å²) in [5.41, 5.74) is -2.73. The van der Waals surface area contributed by atoms with Crippen LogP contribution in [0.5, 0.6) is 0 Å². The third-order valence-electron chi connectivity index (χ3n) is 3.38. The van der Waals surface area contributed by atoms with Crippen molar-refractivity contribution in [3.8, 4) is 11.3 Å². The van der Waals surface area contributed by atoms with Gasteiger partial charge in [0.2, 0.25) is 0 Å². The zero-order valence-corrected chi connectivity index (χ0v) is 15.0. The van der Waals surface area contributed by atoms with Crippen LogP contribution in [0, 0.1) is 11.6 Å². The number of hydrogen-bond donors (Lipinski definition) is 1. The highest BCUT2D eigenvalue weighted by atomic mass is 35.5. The van der Waals surface area contributed by atoms with Gasteiger partial charge in [0, 0.05) is 6.54 Å². The summed E-state index contributed by atoms with van der Waals surface area (Å²) in [6.07, 6.45) is -3.28. The van der Waals surface area contributed by atoms with Gasteiger partial charge in [-0.3, -0.25) is 0 Å². The van der Waals surface area contributed by atoms with Gasteiger partial charge >= 0.3 is 5.97 Å². The summed E-state index contributed by atoms with van der Waals surface area (Å²) in [7, 11) is 1.07. The van der Waals surface area contributed by atoms with E-state index in [-0.39, 0.29) is 10.7 Å². The molecule has 0 saturated heterocycles. The number of benzene rings is 1. The largest absolute Gasteiger partial charge is 0.464 e. The molecule has 0 saturated carbocycles. The standard InChI is InChI=1S/C16H12Cl2F4N2O2/c1-3-23-9-5-8(24-14(12(9)18)16(25)26-2)11-7(19)4-6(17)10(13(11)20)15(21)22/h4-5,15H,3H2,1-2H3,(H,23,24). The second-order valence-corrected chi connectivity index (χ2v) is 5.77. The summed E-state index contributed by atoms with van der Waals surface area (Å²) in [5.74, 6) is -3.75. The van der Waals surface area contributed by atoms with E-state index in [4.69, 9.17) is 23.2 Å². The molecule has 1 heterocycles. The molecule has 1 aromatic heterocycles. The molecule has 0 atom stereocenters. The first-order valence-corrected chi connectivity index (χ1v) is 7.97. The first-order valence-electron chi connectivity index (χ1n) is 7.21. The van der Waals surface area contributed by atoms with Crippen LogP contribution in [0.25, 0.3) is 11.3 Å². The van der Waals surface area contributed by atoms with Gasteiger partial charge in [-0.1, -0.05) is 23.2 Å². The maximum Gasteiger partial charge on any atom is 0.358 e. The number of rotatable bonds is 5. The Labute approximate surface area is 156 Å². The third-order valence-corrected chi connectivity index (χ3v) is 4.08. The number of alkyl halides is 2. The number of esters is 1. The Hall–Kier alpha value is -2.06. The van der Waals surface area contributed by atoms with Gasteiger partial charge in [0.1, 0.15) is 11.6 Å². The molecule has 2 aromatic rings. The van der Waals surface area contributed by atoms with Crippen molar-refractivity contribution in [1.82, 2.24) is 4.98 Å². The highest BCUT2D eigenvalue weighted by molar-refractivity contribution is 6.36. The van der Waals surface area contributed by atoms with Crippen LogP contribution in [0.15, 0.2) is 12.1 Å². The topological polar surface area (TPSA) is 51.2 Å². The van der Waals surface area contributed by atoms with Gasteiger partial charge < -0.3 is 10.1 Å². The minimum Gasteiger partial charge on any atom is -0.464 e. The Kier molecular flexibility index (Phi) is 6.30. The lowest BCUT2D eigenvalue weighted by molar-refractivity contribution is 0.0594. The Balaban J connectivity index is 2.82. The predicted octanol–water partition coefficient (Wildman–Crippen LogP) is 5.49. The quantitative estimate of drug-likeness (QED) is 0.522. The molecular formula is C16H12Cl2F4N2O2. The SMILES string of the molecule is CCNc1cc(-c2c(F)cc(Cl)c(C(F)F)c2F)nc(C(=O)OC)c1Cl. The molecule has 0 aliphatic rings. The zero-order valence-electron chi connectivity index (χ0n) is 13.5. The number of nitrogens with one attached hydrogen (secondary N) is 1. The number of nitrogens with zero attached hydrogens (tertiary/aromatic N) is 1. The normalized spacial score (nSPS) is 11.0. The van der Waals surface area contributed by atoms with E-state index in [1.165, 1.54) is 0 Å². The van der Waals surface area contributed by atoms with E-state index in [0.717, 1.165) is 13.2 Å². The molecule has 0 amide bonds. The van der Waals surface area contributed by atoms with E-state index in [1.807, 2.05) is 0 Å². The van der Waals surface area contributed by atoms with Gasteiger partial charge in [-0.25, -0.2) is 27.3 Å². The van der Waals surface area contributed by atoms with Gasteiger partial charge in [-0.15, -0.1) is 0 Å². The monoisotopic (exact) mass is 410 g/mol. The molecule has 1 aromatic carbocycles. The van der Waals surface area contributed by atoms with E-state index in [9.17, 15) is 22.4 Å². The van der Waals surface area contributed by atoms with E-state index in [1.54, 1.807) is 6.92 Å². The number of carbonyl (C=O) groups is 1. The lowest BCUT2D eigenvalue weighted by atomic mass is 10.0. The summed E-state index contributed by atoms with van der Waals surface area (Å²) in [5, 5.41) is 1.90. The fraction of sp³-hybridized carbons (Fsp3) is 0.250. The number of pyridine rings is 1. The van der Waals surface area contributed by atoms with Crippen molar-refractivity contribution in [3.63, 3.8) is 0 Å². The molecule has 0 bridgehead atoms. The number of aromatic nitrogens is 1. The zero-order chi connectivity index (χ0) is 19.6. The number of halogens is 6. The maximum absolute atomic E-state index is 14.5. The summed E-state index contributed by atoms with van der Waals surface area (Å²) in [6, 6.07) is 1.70. The van der Waals surface area contributed by atoms with Crippen LogP contribution in [0.4, 0.5) is 23.2 Å². The molecule has 26 heavy (non-hydrogen) atoms.